The number of allylic oxidation sites excluding steroid dienone is 1. The number of rotatable bonds is 5. The highest BCUT2D eigenvalue weighted by molar-refractivity contribution is 5.93. The number of nitrogens with zero attached hydrogens (tertiary/aromatic N) is 1. The maximum Gasteiger partial charge on any atom is 0.273 e. The second-order valence-electron chi connectivity index (χ2n) is 5.73. The SMILES string of the molecule is Cc1oc(C(C)C)nc1C(=O)NCCC1=CCCCC1. The molecule has 4 nitrogen and oxygen atoms in total. The Kier molecular flexibility index (Phi) is 4.99. The number of hydrogen-bond acceptors (Lipinski definition) is 3. The minimum atomic E-state index is -0.130. The number of oxazole rings is 1. The highest BCUT2D eigenvalue weighted by atomic mass is 16.4. The molecule has 1 heterocycles. The second kappa shape index (κ2) is 6.73. The number of amides is 1. The molecule has 1 aromatic rings. The lowest BCUT2D eigenvalue weighted by Crippen LogP contribution is -2.25. The predicted molar refractivity (Wildman–Crippen MR) is 78.8 cm³/mol. The predicted octanol–water partition coefficient (Wildman–Crippen LogP) is 3.73. The maximum absolute atomic E-state index is 12.1. The van der Waals surface area contributed by atoms with Crippen LogP contribution < -0.4 is 5.32 Å². The van der Waals surface area contributed by atoms with Gasteiger partial charge in [0.05, 0.1) is 0 Å². The van der Waals surface area contributed by atoms with Crippen molar-refractivity contribution < 1.29 is 9.21 Å². The minimum absolute atomic E-state index is 0.130. The number of aryl methyl sites for hydroxylation is 1. The van der Waals surface area contributed by atoms with Gasteiger partial charge in [-0.05, 0) is 39.0 Å². The molecule has 1 aromatic heterocycles. The first-order chi connectivity index (χ1) is 9.58. The molecule has 0 spiro atoms. The van der Waals surface area contributed by atoms with Crippen LogP contribution in [0.25, 0.3) is 0 Å². The lowest BCUT2D eigenvalue weighted by atomic mass is 9.97. The van der Waals surface area contributed by atoms with Crippen molar-refractivity contribution >= 4 is 5.91 Å². The average Bonchev–Trinajstić information content (AvgIpc) is 2.82. The van der Waals surface area contributed by atoms with Gasteiger partial charge in [-0.15, -0.1) is 0 Å². The van der Waals surface area contributed by atoms with E-state index in [9.17, 15) is 4.79 Å². The van der Waals surface area contributed by atoms with Crippen LogP contribution in [-0.2, 0) is 0 Å². The number of carbonyl (C=O) groups is 1. The van der Waals surface area contributed by atoms with Crippen LogP contribution in [0, 0.1) is 6.92 Å². The van der Waals surface area contributed by atoms with Crippen LogP contribution in [-0.4, -0.2) is 17.4 Å². The summed E-state index contributed by atoms with van der Waals surface area (Å²) in [6.07, 6.45) is 8.19. The zero-order chi connectivity index (χ0) is 14.5. The summed E-state index contributed by atoms with van der Waals surface area (Å²) in [5.41, 5.74) is 1.89. The van der Waals surface area contributed by atoms with E-state index in [1.807, 2.05) is 13.8 Å². The quantitative estimate of drug-likeness (QED) is 0.834. The highest BCUT2D eigenvalue weighted by Gasteiger charge is 2.18. The maximum atomic E-state index is 12.1. The second-order valence-corrected chi connectivity index (χ2v) is 5.73. The molecule has 0 aliphatic heterocycles. The summed E-state index contributed by atoms with van der Waals surface area (Å²) < 4.78 is 5.51. The topological polar surface area (TPSA) is 55.1 Å². The van der Waals surface area contributed by atoms with Gasteiger partial charge in [0, 0.05) is 12.5 Å². The van der Waals surface area contributed by atoms with Gasteiger partial charge in [0.25, 0.3) is 5.91 Å². The Morgan fingerprint density at radius 3 is 2.85 bits per heavy atom. The summed E-state index contributed by atoms with van der Waals surface area (Å²) >= 11 is 0. The number of aromatic nitrogens is 1. The molecule has 0 saturated heterocycles. The van der Waals surface area contributed by atoms with Crippen LogP contribution in [0.5, 0.6) is 0 Å². The van der Waals surface area contributed by atoms with E-state index in [0.29, 0.717) is 23.9 Å². The molecule has 110 valence electrons. The molecule has 0 saturated carbocycles. The van der Waals surface area contributed by atoms with Gasteiger partial charge in [0.1, 0.15) is 5.76 Å². The van der Waals surface area contributed by atoms with Crippen molar-refractivity contribution in [3.63, 3.8) is 0 Å². The molecule has 0 aromatic carbocycles. The van der Waals surface area contributed by atoms with Crippen molar-refractivity contribution in [1.29, 1.82) is 0 Å². The van der Waals surface area contributed by atoms with E-state index in [0.717, 1.165) is 6.42 Å². The minimum Gasteiger partial charge on any atom is -0.445 e. The van der Waals surface area contributed by atoms with Crippen LogP contribution in [0.15, 0.2) is 16.1 Å². The lowest BCUT2D eigenvalue weighted by Gasteiger charge is -2.12. The van der Waals surface area contributed by atoms with E-state index in [4.69, 9.17) is 4.42 Å². The Morgan fingerprint density at radius 1 is 1.45 bits per heavy atom. The first-order valence-corrected chi connectivity index (χ1v) is 7.51. The summed E-state index contributed by atoms with van der Waals surface area (Å²) in [7, 11) is 0. The number of carbonyl (C=O) groups excluding carboxylic acids is 1. The summed E-state index contributed by atoms with van der Waals surface area (Å²) in [5.74, 6) is 1.29. The third kappa shape index (κ3) is 3.71. The first-order valence-electron chi connectivity index (χ1n) is 7.51. The molecule has 1 aliphatic rings. The van der Waals surface area contributed by atoms with E-state index in [2.05, 4.69) is 16.4 Å². The molecule has 20 heavy (non-hydrogen) atoms. The van der Waals surface area contributed by atoms with Gasteiger partial charge in [-0.25, -0.2) is 4.98 Å². The average molecular weight is 276 g/mol. The van der Waals surface area contributed by atoms with Gasteiger partial charge in [-0.1, -0.05) is 25.5 Å². The lowest BCUT2D eigenvalue weighted by molar-refractivity contribution is 0.0948. The van der Waals surface area contributed by atoms with Crippen molar-refractivity contribution in [3.05, 3.63) is 29.0 Å². The molecular weight excluding hydrogens is 252 g/mol. The molecule has 0 atom stereocenters. The van der Waals surface area contributed by atoms with Crippen molar-refractivity contribution in [2.45, 2.75) is 58.8 Å². The van der Waals surface area contributed by atoms with E-state index >= 15 is 0 Å². The standard InChI is InChI=1S/C16H24N2O2/c1-11(2)16-18-14(12(3)20-16)15(19)17-10-9-13-7-5-4-6-8-13/h7,11H,4-6,8-10H2,1-3H3,(H,17,19). The van der Waals surface area contributed by atoms with Crippen LogP contribution in [0.3, 0.4) is 0 Å². The van der Waals surface area contributed by atoms with Crippen molar-refractivity contribution in [1.82, 2.24) is 10.3 Å². The van der Waals surface area contributed by atoms with Gasteiger partial charge in [0.2, 0.25) is 0 Å². The smallest absolute Gasteiger partial charge is 0.273 e. The van der Waals surface area contributed by atoms with Crippen molar-refractivity contribution in [3.8, 4) is 0 Å². The Hall–Kier alpha value is -1.58. The van der Waals surface area contributed by atoms with Gasteiger partial charge in [0.15, 0.2) is 11.6 Å². The highest BCUT2D eigenvalue weighted by Crippen LogP contribution is 2.20. The summed E-state index contributed by atoms with van der Waals surface area (Å²) in [4.78, 5) is 16.4. The van der Waals surface area contributed by atoms with Crippen LogP contribution in [0.4, 0.5) is 0 Å². The Labute approximate surface area is 120 Å². The first kappa shape index (κ1) is 14.8. The van der Waals surface area contributed by atoms with Gasteiger partial charge in [-0.2, -0.15) is 0 Å². The number of hydrogen-bond donors (Lipinski definition) is 1. The third-order valence-corrected chi connectivity index (χ3v) is 3.64. The fourth-order valence-electron chi connectivity index (χ4n) is 2.43. The molecule has 1 N–H and O–H groups in total. The van der Waals surface area contributed by atoms with Crippen LogP contribution >= 0.6 is 0 Å². The number of nitrogens with one attached hydrogen (secondary N) is 1. The molecule has 1 aliphatic carbocycles. The zero-order valence-corrected chi connectivity index (χ0v) is 12.7. The summed E-state index contributed by atoms with van der Waals surface area (Å²) in [6, 6.07) is 0. The summed E-state index contributed by atoms with van der Waals surface area (Å²) in [6.45, 7) is 6.47. The van der Waals surface area contributed by atoms with Gasteiger partial charge < -0.3 is 9.73 Å². The van der Waals surface area contributed by atoms with E-state index in [1.54, 1.807) is 6.92 Å². The molecular formula is C16H24N2O2. The summed E-state index contributed by atoms with van der Waals surface area (Å²) in [5, 5.41) is 2.94. The normalized spacial score (nSPS) is 15.3. The molecule has 0 unspecified atom stereocenters. The monoisotopic (exact) mass is 276 g/mol. The van der Waals surface area contributed by atoms with Crippen molar-refractivity contribution in [2.75, 3.05) is 6.54 Å². The molecule has 1 amide bonds. The fourth-order valence-corrected chi connectivity index (χ4v) is 2.43. The Morgan fingerprint density at radius 2 is 2.25 bits per heavy atom. The molecule has 0 bridgehead atoms. The van der Waals surface area contributed by atoms with E-state index in [-0.39, 0.29) is 11.8 Å². The largest absolute Gasteiger partial charge is 0.445 e. The van der Waals surface area contributed by atoms with E-state index in [1.165, 1.54) is 31.3 Å². The molecule has 0 fully saturated rings. The molecule has 2 rings (SSSR count). The van der Waals surface area contributed by atoms with Crippen LogP contribution in [0.1, 0.15) is 74.0 Å². The van der Waals surface area contributed by atoms with Gasteiger partial charge in [-0.3, -0.25) is 4.79 Å². The molecule has 4 heteroatoms. The Bertz CT molecular complexity index is 501. The van der Waals surface area contributed by atoms with Crippen LogP contribution in [0.2, 0.25) is 0 Å². The van der Waals surface area contributed by atoms with E-state index < -0.39 is 0 Å². The Balaban J connectivity index is 1.87. The third-order valence-electron chi connectivity index (χ3n) is 3.64. The molecule has 0 radical (unpaired) electrons. The zero-order valence-electron chi connectivity index (χ0n) is 12.7. The fraction of sp³-hybridized carbons (Fsp3) is 0.625. The van der Waals surface area contributed by atoms with Crippen molar-refractivity contribution in [2.24, 2.45) is 0 Å². The van der Waals surface area contributed by atoms with Gasteiger partial charge >= 0.3 is 0 Å².